The summed E-state index contributed by atoms with van der Waals surface area (Å²) >= 11 is 1.53. The molecular formula is C19H24N4O4S. The second kappa shape index (κ2) is 8.55. The van der Waals surface area contributed by atoms with Crippen LogP contribution in [0.1, 0.15) is 32.4 Å². The molecule has 1 atom stereocenters. The first-order valence-electron chi connectivity index (χ1n) is 9.00. The number of aromatic nitrogens is 3. The second-order valence-corrected chi connectivity index (χ2v) is 7.20. The zero-order valence-electron chi connectivity index (χ0n) is 16.6. The number of methoxy groups -OCH3 is 2. The number of benzene rings is 1. The maximum Gasteiger partial charge on any atom is 0.338 e. The topological polar surface area (TPSA) is 87.5 Å². The minimum atomic E-state index is -0.556. The van der Waals surface area contributed by atoms with Gasteiger partial charge in [0.05, 0.1) is 26.4 Å². The zero-order valence-corrected chi connectivity index (χ0v) is 17.4. The molecule has 1 aliphatic rings. The fourth-order valence-electron chi connectivity index (χ4n) is 3.21. The van der Waals surface area contributed by atoms with Gasteiger partial charge in [-0.15, -0.1) is 5.10 Å². The van der Waals surface area contributed by atoms with Crippen LogP contribution in [0.4, 0.5) is 5.95 Å². The van der Waals surface area contributed by atoms with Crippen molar-refractivity contribution in [3.63, 3.8) is 0 Å². The number of para-hydroxylation sites is 1. The van der Waals surface area contributed by atoms with Crippen molar-refractivity contribution in [3.05, 3.63) is 35.0 Å². The molecule has 0 spiro atoms. The summed E-state index contributed by atoms with van der Waals surface area (Å²) in [5, 5.41) is 8.43. The van der Waals surface area contributed by atoms with Gasteiger partial charge in [-0.3, -0.25) is 0 Å². The highest BCUT2D eigenvalue weighted by Gasteiger charge is 2.37. The predicted molar refractivity (Wildman–Crippen MR) is 107 cm³/mol. The minimum Gasteiger partial charge on any atom is -0.493 e. The van der Waals surface area contributed by atoms with E-state index in [1.165, 1.54) is 11.8 Å². The Morgan fingerprint density at radius 3 is 2.71 bits per heavy atom. The molecule has 0 bridgehead atoms. The van der Waals surface area contributed by atoms with Crippen molar-refractivity contribution in [1.29, 1.82) is 0 Å². The van der Waals surface area contributed by atoms with Crippen LogP contribution in [0.15, 0.2) is 34.6 Å². The maximum atomic E-state index is 12.8. The standard InChI is InChI=1S/C19H24N4O4S/c1-6-27-17(24)14-11(3)20-18-21-19(28-7-2)22-23(18)15(14)12-9-8-10-13(25-4)16(12)26-5/h8-10,15H,6-7H2,1-5H3,(H,20,21,22). The molecule has 0 saturated carbocycles. The summed E-state index contributed by atoms with van der Waals surface area (Å²) in [5.74, 6) is 2.11. The molecule has 1 aliphatic heterocycles. The van der Waals surface area contributed by atoms with Crippen LogP contribution in [-0.2, 0) is 9.53 Å². The number of fused-ring (bicyclic) bond motifs is 1. The highest BCUT2D eigenvalue weighted by Crippen LogP contribution is 2.43. The van der Waals surface area contributed by atoms with E-state index in [-0.39, 0.29) is 6.61 Å². The molecule has 1 aromatic carbocycles. The van der Waals surface area contributed by atoms with Crippen LogP contribution in [0.3, 0.4) is 0 Å². The van der Waals surface area contributed by atoms with E-state index in [0.29, 0.717) is 33.9 Å². The van der Waals surface area contributed by atoms with Crippen molar-refractivity contribution >= 4 is 23.7 Å². The van der Waals surface area contributed by atoms with Gasteiger partial charge in [-0.2, -0.15) is 4.98 Å². The Labute approximate surface area is 168 Å². The molecule has 8 nitrogen and oxygen atoms in total. The quantitative estimate of drug-likeness (QED) is 0.556. The van der Waals surface area contributed by atoms with E-state index in [0.717, 1.165) is 11.3 Å². The average molecular weight is 404 g/mol. The highest BCUT2D eigenvalue weighted by atomic mass is 32.2. The molecule has 1 aromatic heterocycles. The second-order valence-electron chi connectivity index (χ2n) is 5.96. The first-order chi connectivity index (χ1) is 13.5. The van der Waals surface area contributed by atoms with Crippen molar-refractivity contribution in [2.75, 3.05) is 31.9 Å². The number of carbonyl (C=O) groups excluding carboxylic acids is 1. The first kappa shape index (κ1) is 20.1. The lowest BCUT2D eigenvalue weighted by Crippen LogP contribution is -2.30. The SMILES string of the molecule is CCOC(=O)C1=C(C)Nc2nc(SCC)nn2C1c1cccc(OC)c1OC. The summed E-state index contributed by atoms with van der Waals surface area (Å²) in [4.78, 5) is 17.4. The Kier molecular flexibility index (Phi) is 6.13. The van der Waals surface area contributed by atoms with Crippen molar-refractivity contribution < 1.29 is 19.0 Å². The smallest absolute Gasteiger partial charge is 0.338 e. The van der Waals surface area contributed by atoms with Crippen molar-refractivity contribution in [2.24, 2.45) is 0 Å². The Morgan fingerprint density at radius 2 is 2.07 bits per heavy atom. The van der Waals surface area contributed by atoms with Gasteiger partial charge >= 0.3 is 5.97 Å². The number of nitrogens with zero attached hydrogens (tertiary/aromatic N) is 3. The van der Waals surface area contributed by atoms with E-state index in [4.69, 9.17) is 14.2 Å². The van der Waals surface area contributed by atoms with Gasteiger partial charge in [-0.25, -0.2) is 9.48 Å². The average Bonchev–Trinajstić information content (AvgIpc) is 3.08. The fraction of sp³-hybridized carbons (Fsp3) is 0.421. The predicted octanol–water partition coefficient (Wildman–Crippen LogP) is 3.26. The van der Waals surface area contributed by atoms with Crippen LogP contribution in [0.2, 0.25) is 0 Å². The Morgan fingerprint density at radius 1 is 1.29 bits per heavy atom. The summed E-state index contributed by atoms with van der Waals surface area (Å²) in [6, 6.07) is 5.00. The first-order valence-corrected chi connectivity index (χ1v) is 9.99. The van der Waals surface area contributed by atoms with Crippen LogP contribution in [0.5, 0.6) is 11.5 Å². The summed E-state index contributed by atoms with van der Waals surface area (Å²) < 4.78 is 18.1. The third-order valence-electron chi connectivity index (χ3n) is 4.33. The summed E-state index contributed by atoms with van der Waals surface area (Å²) in [6.07, 6.45) is 0. The molecule has 0 saturated heterocycles. The summed E-state index contributed by atoms with van der Waals surface area (Å²) in [5.41, 5.74) is 1.87. The number of hydrogen-bond donors (Lipinski definition) is 1. The number of anilines is 1. The molecule has 2 aromatic rings. The largest absolute Gasteiger partial charge is 0.493 e. The monoisotopic (exact) mass is 404 g/mol. The van der Waals surface area contributed by atoms with E-state index in [9.17, 15) is 4.79 Å². The van der Waals surface area contributed by atoms with Gasteiger partial charge in [0.15, 0.2) is 11.5 Å². The number of hydrogen-bond acceptors (Lipinski definition) is 8. The van der Waals surface area contributed by atoms with Gasteiger partial charge in [0.1, 0.15) is 6.04 Å². The maximum absolute atomic E-state index is 12.8. The number of ether oxygens (including phenoxy) is 3. The van der Waals surface area contributed by atoms with Gasteiger partial charge in [-0.1, -0.05) is 30.8 Å². The zero-order chi connectivity index (χ0) is 20.3. The lowest BCUT2D eigenvalue weighted by atomic mass is 9.94. The molecule has 1 unspecified atom stereocenters. The van der Waals surface area contributed by atoms with Gasteiger partial charge in [0.25, 0.3) is 0 Å². The molecule has 28 heavy (non-hydrogen) atoms. The van der Waals surface area contributed by atoms with Crippen LogP contribution >= 0.6 is 11.8 Å². The lowest BCUT2D eigenvalue weighted by Gasteiger charge is -2.29. The van der Waals surface area contributed by atoms with E-state index < -0.39 is 12.0 Å². The number of rotatable bonds is 7. The van der Waals surface area contributed by atoms with E-state index in [1.54, 1.807) is 25.8 Å². The summed E-state index contributed by atoms with van der Waals surface area (Å²) in [7, 11) is 3.15. The van der Waals surface area contributed by atoms with Crippen LogP contribution in [0.25, 0.3) is 0 Å². The molecule has 150 valence electrons. The van der Waals surface area contributed by atoms with Crippen molar-refractivity contribution in [1.82, 2.24) is 14.8 Å². The normalized spacial score (nSPS) is 15.7. The molecule has 0 fully saturated rings. The number of thioether (sulfide) groups is 1. The van der Waals surface area contributed by atoms with Crippen molar-refractivity contribution in [2.45, 2.75) is 32.0 Å². The fourth-order valence-corrected chi connectivity index (χ4v) is 3.76. The van der Waals surface area contributed by atoms with Crippen LogP contribution < -0.4 is 14.8 Å². The minimum absolute atomic E-state index is 0.277. The van der Waals surface area contributed by atoms with Gasteiger partial charge in [-0.05, 0) is 25.7 Å². The molecule has 0 radical (unpaired) electrons. The number of allylic oxidation sites excluding steroid dienone is 1. The van der Waals surface area contributed by atoms with Crippen molar-refractivity contribution in [3.8, 4) is 11.5 Å². The molecule has 0 aliphatic carbocycles. The third-order valence-corrected chi connectivity index (χ3v) is 5.05. The molecule has 9 heteroatoms. The van der Waals surface area contributed by atoms with Gasteiger partial charge in [0, 0.05) is 11.3 Å². The number of nitrogens with one attached hydrogen (secondary N) is 1. The van der Waals surface area contributed by atoms with Crippen LogP contribution in [-0.4, -0.2) is 47.3 Å². The Bertz CT molecular complexity index is 909. The Balaban J connectivity index is 2.23. The van der Waals surface area contributed by atoms with E-state index in [1.807, 2.05) is 32.0 Å². The summed E-state index contributed by atoms with van der Waals surface area (Å²) in [6.45, 7) is 5.92. The van der Waals surface area contributed by atoms with Gasteiger partial charge < -0.3 is 19.5 Å². The van der Waals surface area contributed by atoms with E-state index in [2.05, 4.69) is 15.4 Å². The number of carbonyl (C=O) groups is 1. The number of esters is 1. The van der Waals surface area contributed by atoms with Crippen LogP contribution in [0, 0.1) is 0 Å². The molecule has 3 rings (SSSR count). The molecule has 1 N–H and O–H groups in total. The molecular weight excluding hydrogens is 380 g/mol. The van der Waals surface area contributed by atoms with E-state index >= 15 is 0 Å². The highest BCUT2D eigenvalue weighted by molar-refractivity contribution is 7.99. The molecule has 2 heterocycles. The van der Waals surface area contributed by atoms with Gasteiger partial charge in [0.2, 0.25) is 11.1 Å². The Hall–Kier alpha value is -2.68. The lowest BCUT2D eigenvalue weighted by molar-refractivity contribution is -0.139. The molecule has 0 amide bonds. The third kappa shape index (κ3) is 3.54.